The molecule has 3 rings (SSSR count). The number of carbonyl (C=O) groups excluding carboxylic acids is 1. The number of nitrogens with one attached hydrogen (secondary N) is 1. The molecule has 1 amide bonds. The Kier molecular flexibility index (Phi) is 4.57. The van der Waals surface area contributed by atoms with Crippen molar-refractivity contribution in [3.8, 4) is 5.69 Å². The van der Waals surface area contributed by atoms with Crippen LogP contribution >= 0.6 is 0 Å². The molecule has 3 N–H and O–H groups in total. The van der Waals surface area contributed by atoms with Crippen LogP contribution in [0, 0.1) is 16.0 Å². The van der Waals surface area contributed by atoms with Gasteiger partial charge in [-0.1, -0.05) is 6.42 Å². The third kappa shape index (κ3) is 3.28. The van der Waals surface area contributed by atoms with Gasteiger partial charge in [-0.05, 0) is 37.4 Å². The lowest BCUT2D eigenvalue weighted by atomic mass is 10.0. The minimum atomic E-state index is -0.457. The van der Waals surface area contributed by atoms with Gasteiger partial charge in [0.1, 0.15) is 0 Å². The van der Waals surface area contributed by atoms with Gasteiger partial charge >= 0.3 is 0 Å². The number of hydrogen-bond acceptors (Lipinski definition) is 5. The number of nitro benzene ring substituents is 1. The number of nitrogens with two attached hydrogens (primary N) is 1. The highest BCUT2D eigenvalue weighted by Gasteiger charge is 2.27. The fourth-order valence-electron chi connectivity index (χ4n) is 3.07. The van der Waals surface area contributed by atoms with Crippen molar-refractivity contribution in [3.63, 3.8) is 0 Å². The number of hydrogen-bond donors (Lipinski definition) is 2. The van der Waals surface area contributed by atoms with Crippen LogP contribution in [0.4, 0.5) is 5.69 Å². The maximum absolute atomic E-state index is 12.4. The summed E-state index contributed by atoms with van der Waals surface area (Å²) >= 11 is 0. The van der Waals surface area contributed by atoms with E-state index in [4.69, 9.17) is 5.73 Å². The van der Waals surface area contributed by atoms with Gasteiger partial charge in [0.15, 0.2) is 0 Å². The van der Waals surface area contributed by atoms with Crippen molar-refractivity contribution in [1.29, 1.82) is 0 Å². The van der Waals surface area contributed by atoms with Gasteiger partial charge in [-0.15, -0.1) is 0 Å². The Bertz CT molecular complexity index is 740. The van der Waals surface area contributed by atoms with Crippen LogP contribution in [0.1, 0.15) is 29.6 Å². The summed E-state index contributed by atoms with van der Waals surface area (Å²) in [5, 5.41) is 17.9. The van der Waals surface area contributed by atoms with Gasteiger partial charge in [0.05, 0.1) is 22.4 Å². The highest BCUT2D eigenvalue weighted by molar-refractivity contribution is 5.94. The van der Waals surface area contributed by atoms with Crippen molar-refractivity contribution < 1.29 is 9.72 Å². The summed E-state index contributed by atoms with van der Waals surface area (Å²) in [5.74, 6) is 0.159. The molecule has 126 valence electrons. The number of carbonyl (C=O) groups is 1. The van der Waals surface area contributed by atoms with Crippen molar-refractivity contribution in [1.82, 2.24) is 15.1 Å². The fraction of sp³-hybridized carbons (Fsp3) is 0.375. The number of nitrogens with zero attached hydrogens (tertiary/aromatic N) is 3. The number of non-ortho nitro benzene ring substituents is 1. The van der Waals surface area contributed by atoms with Gasteiger partial charge in [0.2, 0.25) is 0 Å². The molecule has 2 atom stereocenters. The predicted molar refractivity (Wildman–Crippen MR) is 87.9 cm³/mol. The van der Waals surface area contributed by atoms with Gasteiger partial charge in [-0.3, -0.25) is 14.9 Å². The fourth-order valence-corrected chi connectivity index (χ4v) is 3.07. The molecule has 24 heavy (non-hydrogen) atoms. The van der Waals surface area contributed by atoms with E-state index >= 15 is 0 Å². The maximum atomic E-state index is 12.4. The van der Waals surface area contributed by atoms with E-state index in [-0.39, 0.29) is 17.6 Å². The van der Waals surface area contributed by atoms with Gasteiger partial charge in [0.25, 0.3) is 11.6 Å². The summed E-state index contributed by atoms with van der Waals surface area (Å²) in [4.78, 5) is 22.6. The minimum Gasteiger partial charge on any atom is -0.349 e. The Morgan fingerprint density at radius 1 is 1.38 bits per heavy atom. The molecule has 1 saturated carbocycles. The molecule has 8 heteroatoms. The second-order valence-corrected chi connectivity index (χ2v) is 5.95. The summed E-state index contributed by atoms with van der Waals surface area (Å²) < 4.78 is 1.52. The number of aromatic nitrogens is 2. The van der Waals surface area contributed by atoms with E-state index in [9.17, 15) is 14.9 Å². The van der Waals surface area contributed by atoms with E-state index in [1.165, 1.54) is 23.0 Å². The van der Waals surface area contributed by atoms with Gasteiger partial charge < -0.3 is 11.1 Å². The van der Waals surface area contributed by atoms with Gasteiger partial charge in [-0.25, -0.2) is 4.68 Å². The average Bonchev–Trinajstić information content (AvgIpc) is 3.24. The molecule has 0 radical (unpaired) electrons. The van der Waals surface area contributed by atoms with E-state index in [0.717, 1.165) is 19.3 Å². The Labute approximate surface area is 138 Å². The molecule has 1 fully saturated rings. The Hall–Kier alpha value is -2.74. The van der Waals surface area contributed by atoms with Crippen LogP contribution in [0.15, 0.2) is 36.7 Å². The van der Waals surface area contributed by atoms with E-state index in [1.54, 1.807) is 18.3 Å². The Morgan fingerprint density at radius 3 is 2.79 bits per heavy atom. The molecule has 0 saturated heterocycles. The summed E-state index contributed by atoms with van der Waals surface area (Å²) in [6.07, 6.45) is 6.18. The molecule has 0 aliphatic heterocycles. The molecule has 2 aromatic rings. The standard InChI is InChI=1S/C16H19N5O3/c17-8-11-2-1-3-15(11)19-16(22)12-9-18-20(10-12)13-4-6-14(7-5-13)21(23)24/h4-7,9-11,15H,1-3,8,17H2,(H,19,22). The van der Waals surface area contributed by atoms with Crippen molar-refractivity contribution in [2.45, 2.75) is 25.3 Å². The molecular weight excluding hydrogens is 310 g/mol. The first-order valence-electron chi connectivity index (χ1n) is 7.89. The average molecular weight is 329 g/mol. The predicted octanol–water partition coefficient (Wildman–Crippen LogP) is 1.64. The number of rotatable bonds is 5. The monoisotopic (exact) mass is 329 g/mol. The number of nitro groups is 1. The SMILES string of the molecule is NCC1CCCC1NC(=O)c1cnn(-c2ccc([N+](=O)[O-])cc2)c1. The molecule has 1 aliphatic carbocycles. The lowest BCUT2D eigenvalue weighted by Crippen LogP contribution is -2.39. The molecule has 1 aromatic carbocycles. The topological polar surface area (TPSA) is 116 Å². The Balaban J connectivity index is 1.70. The van der Waals surface area contributed by atoms with Crippen molar-refractivity contribution >= 4 is 11.6 Å². The molecular formula is C16H19N5O3. The molecule has 8 nitrogen and oxygen atoms in total. The molecule has 2 unspecified atom stereocenters. The van der Waals surface area contributed by atoms with E-state index < -0.39 is 4.92 Å². The lowest BCUT2D eigenvalue weighted by molar-refractivity contribution is -0.384. The van der Waals surface area contributed by atoms with Gasteiger partial charge in [-0.2, -0.15) is 5.10 Å². The van der Waals surface area contributed by atoms with E-state index in [2.05, 4.69) is 10.4 Å². The van der Waals surface area contributed by atoms with Crippen LogP contribution < -0.4 is 11.1 Å². The molecule has 1 heterocycles. The number of amides is 1. The summed E-state index contributed by atoms with van der Waals surface area (Å²) in [6.45, 7) is 0.576. The highest BCUT2D eigenvalue weighted by atomic mass is 16.6. The second-order valence-electron chi connectivity index (χ2n) is 5.95. The quantitative estimate of drug-likeness (QED) is 0.639. The molecule has 0 spiro atoms. The van der Waals surface area contributed by atoms with Gasteiger partial charge in [0, 0.05) is 24.4 Å². The third-order valence-electron chi connectivity index (χ3n) is 4.45. The van der Waals surface area contributed by atoms with E-state index in [0.29, 0.717) is 23.7 Å². The third-order valence-corrected chi connectivity index (χ3v) is 4.45. The minimum absolute atomic E-state index is 0.0120. The van der Waals surface area contributed by atoms with Crippen LogP contribution in [-0.2, 0) is 0 Å². The zero-order chi connectivity index (χ0) is 17.1. The van der Waals surface area contributed by atoms with Crippen molar-refractivity contribution in [2.75, 3.05) is 6.54 Å². The summed E-state index contributed by atoms with van der Waals surface area (Å²) in [7, 11) is 0. The largest absolute Gasteiger partial charge is 0.349 e. The Morgan fingerprint density at radius 2 is 2.12 bits per heavy atom. The van der Waals surface area contributed by atoms with E-state index in [1.807, 2.05) is 0 Å². The maximum Gasteiger partial charge on any atom is 0.269 e. The second kappa shape index (κ2) is 6.79. The smallest absolute Gasteiger partial charge is 0.269 e. The molecule has 1 aromatic heterocycles. The lowest BCUT2D eigenvalue weighted by Gasteiger charge is -2.18. The summed E-state index contributed by atoms with van der Waals surface area (Å²) in [5.41, 5.74) is 6.86. The first-order valence-corrected chi connectivity index (χ1v) is 7.89. The van der Waals surface area contributed by atoms with Crippen LogP contribution in [0.2, 0.25) is 0 Å². The van der Waals surface area contributed by atoms with Crippen molar-refractivity contribution in [2.24, 2.45) is 11.7 Å². The van der Waals surface area contributed by atoms with Crippen LogP contribution in [0.25, 0.3) is 5.69 Å². The zero-order valence-electron chi connectivity index (χ0n) is 13.1. The van der Waals surface area contributed by atoms with Crippen LogP contribution in [0.5, 0.6) is 0 Å². The first-order chi connectivity index (χ1) is 11.6. The summed E-state index contributed by atoms with van der Waals surface area (Å²) in [6, 6.07) is 6.11. The number of benzene rings is 1. The molecule has 0 bridgehead atoms. The zero-order valence-corrected chi connectivity index (χ0v) is 13.1. The normalized spacial score (nSPS) is 20.0. The first kappa shape index (κ1) is 16.1. The highest BCUT2D eigenvalue weighted by Crippen LogP contribution is 2.25. The van der Waals surface area contributed by atoms with Crippen LogP contribution in [0.3, 0.4) is 0 Å². The molecule has 1 aliphatic rings. The van der Waals surface area contributed by atoms with Crippen molar-refractivity contribution in [3.05, 3.63) is 52.3 Å². The van der Waals surface area contributed by atoms with Crippen LogP contribution in [-0.4, -0.2) is 33.2 Å².